The van der Waals surface area contributed by atoms with E-state index in [2.05, 4.69) is 27.7 Å². The number of fused-ring (bicyclic) bond motifs is 3. The number of nitrogens with two attached hydrogens (primary N) is 2. The number of phenolic OH excluding ortho intramolecular Hbond substituents is 1. The monoisotopic (exact) mass is 613 g/mol. The van der Waals surface area contributed by atoms with Gasteiger partial charge in [-0.3, -0.25) is 19.3 Å². The Hall–Kier alpha value is -3.61. The van der Waals surface area contributed by atoms with Crippen LogP contribution in [-0.4, -0.2) is 88.7 Å². The number of aromatic hydroxyl groups is 1. The minimum Gasteiger partial charge on any atom is -0.510 e. The van der Waals surface area contributed by atoms with Crippen LogP contribution in [0, 0.1) is 23.7 Å². The zero-order chi connectivity index (χ0) is 33.2. The van der Waals surface area contributed by atoms with Gasteiger partial charge in [0.25, 0.3) is 5.91 Å². The summed E-state index contributed by atoms with van der Waals surface area (Å²) in [5.41, 5.74) is 3.10. The Morgan fingerprint density at radius 1 is 1.02 bits per heavy atom. The Kier molecular flexibility index (Phi) is 8.86. The molecule has 4 atom stereocenters. The molecular weight excluding hydrogens is 566 g/mol. The van der Waals surface area contributed by atoms with Crippen LogP contribution in [0.4, 0.5) is 11.4 Å². The van der Waals surface area contributed by atoms with E-state index < -0.39 is 58.0 Å². The summed E-state index contributed by atoms with van der Waals surface area (Å²) in [6.45, 7) is 8.35. The van der Waals surface area contributed by atoms with Crippen LogP contribution in [0.1, 0.15) is 62.9 Å². The maximum atomic E-state index is 14.3. The van der Waals surface area contributed by atoms with E-state index in [-0.39, 0.29) is 41.5 Å². The minimum absolute atomic E-state index is 0.0228. The molecule has 12 nitrogen and oxygen atoms in total. The van der Waals surface area contributed by atoms with Crippen LogP contribution in [0.5, 0.6) is 5.75 Å². The van der Waals surface area contributed by atoms with Crippen molar-refractivity contribution in [2.75, 3.05) is 38.1 Å². The topological polar surface area (TPSA) is 194 Å². The van der Waals surface area contributed by atoms with Gasteiger partial charge in [-0.05, 0) is 69.2 Å². The summed E-state index contributed by atoms with van der Waals surface area (Å²) in [4.78, 5) is 43.5. The third kappa shape index (κ3) is 5.12. The molecule has 1 aromatic rings. The minimum atomic E-state index is -2.69. The second kappa shape index (κ2) is 11.7. The van der Waals surface area contributed by atoms with E-state index in [0.29, 0.717) is 23.1 Å². The van der Waals surface area contributed by atoms with Crippen molar-refractivity contribution in [3.63, 3.8) is 0 Å². The lowest BCUT2D eigenvalue weighted by atomic mass is 9.58. The van der Waals surface area contributed by atoms with Crippen LogP contribution >= 0.6 is 0 Å². The highest BCUT2D eigenvalue weighted by Gasteiger charge is 2.63. The second-order valence-electron chi connectivity index (χ2n) is 13.8. The fraction of sp³-hybridized carbons (Fsp3) is 0.594. The van der Waals surface area contributed by atoms with Crippen LogP contribution in [0.25, 0.3) is 0 Å². The number of nitrogens with zero attached hydrogens (tertiary/aromatic N) is 3. The maximum Gasteiger partial charge on any atom is 0.255 e. The number of carbonyl (C=O) groups excluding carboxylic acids is 3. The Labute approximate surface area is 258 Å². The molecule has 242 valence electrons. The quantitative estimate of drug-likeness (QED) is 0.136. The van der Waals surface area contributed by atoms with Gasteiger partial charge in [0.05, 0.1) is 17.3 Å². The number of ketones is 2. The van der Waals surface area contributed by atoms with E-state index in [9.17, 15) is 34.8 Å². The van der Waals surface area contributed by atoms with Crippen molar-refractivity contribution in [2.45, 2.75) is 71.1 Å². The first-order chi connectivity index (χ1) is 20.4. The van der Waals surface area contributed by atoms with Crippen LogP contribution in [0.2, 0.25) is 0 Å². The zero-order valence-corrected chi connectivity index (χ0v) is 26.9. The van der Waals surface area contributed by atoms with Gasteiger partial charge in [-0.2, -0.15) is 0 Å². The number of amides is 1. The van der Waals surface area contributed by atoms with Crippen molar-refractivity contribution >= 4 is 28.8 Å². The van der Waals surface area contributed by atoms with E-state index in [1.54, 1.807) is 20.2 Å². The molecule has 4 rings (SSSR count). The summed E-state index contributed by atoms with van der Waals surface area (Å²) >= 11 is 0. The molecule has 3 aliphatic carbocycles. The molecule has 3 aliphatic rings. The number of primary amides is 1. The molecule has 0 saturated carbocycles. The first kappa shape index (κ1) is 33.3. The van der Waals surface area contributed by atoms with E-state index in [1.807, 2.05) is 19.0 Å². The van der Waals surface area contributed by atoms with Gasteiger partial charge in [-0.15, -0.1) is 0 Å². The molecule has 0 spiro atoms. The molecule has 44 heavy (non-hydrogen) atoms. The van der Waals surface area contributed by atoms with Crippen LogP contribution in [0.15, 0.2) is 28.7 Å². The number of aliphatic hydroxyl groups excluding tert-OH is 2. The van der Waals surface area contributed by atoms with Crippen LogP contribution in [0.3, 0.4) is 0 Å². The molecular formula is C32H47N5O7. The second-order valence-corrected chi connectivity index (χ2v) is 13.8. The van der Waals surface area contributed by atoms with Gasteiger partial charge in [0.1, 0.15) is 17.1 Å². The van der Waals surface area contributed by atoms with Crippen LogP contribution in [-0.2, 0) is 16.0 Å². The van der Waals surface area contributed by atoms with Crippen LogP contribution < -0.4 is 21.5 Å². The molecule has 1 aromatic carbocycles. The number of hydrogen-bond donors (Lipinski definition) is 6. The molecule has 0 aromatic heterocycles. The number of phenols is 1. The Balaban J connectivity index is 1.94. The van der Waals surface area contributed by atoms with E-state index >= 15 is 0 Å². The fourth-order valence-corrected chi connectivity index (χ4v) is 7.49. The van der Waals surface area contributed by atoms with Gasteiger partial charge in [0.15, 0.2) is 17.1 Å². The molecule has 12 heteroatoms. The standard InChI is InChI=1S/C32H47N5O7/c1-14(2)9-17(10-15(3)4)37(34)21-13-20(35(5)6)18-11-16-12-19-25(36(7)8)28(40)24(31(33)43)30(42)32(19,44)29(41)22(16)27(39)23(18)26(21)38/h13-17,19,25,38,40-41,44H,9-12,34H2,1-8H3,(H2,33,43)/t16-,19-,25-,32-/m0/s1. The molecule has 0 radical (unpaired) electrons. The van der Waals surface area contributed by atoms with Gasteiger partial charge < -0.3 is 36.1 Å². The lowest BCUT2D eigenvalue weighted by Crippen LogP contribution is -2.63. The summed E-state index contributed by atoms with van der Waals surface area (Å²) in [6.07, 6.45) is 1.71. The number of likely N-dealkylation sites (N-methyl/N-ethyl adjacent to an activating group) is 1. The third-order valence-corrected chi connectivity index (χ3v) is 9.32. The van der Waals surface area contributed by atoms with Crippen molar-refractivity contribution in [3.05, 3.63) is 39.9 Å². The number of hydrazine groups is 1. The van der Waals surface area contributed by atoms with E-state index in [4.69, 9.17) is 11.6 Å². The summed E-state index contributed by atoms with van der Waals surface area (Å²) in [5.74, 6) is 0.471. The Bertz CT molecular complexity index is 1440. The predicted octanol–water partition coefficient (Wildman–Crippen LogP) is 2.33. The number of carbonyl (C=O) groups is 3. The number of aliphatic hydroxyl groups is 3. The molecule has 0 unspecified atom stereocenters. The lowest BCUT2D eigenvalue weighted by molar-refractivity contribution is -0.148. The first-order valence-electron chi connectivity index (χ1n) is 15.1. The smallest absolute Gasteiger partial charge is 0.255 e. The van der Waals surface area contributed by atoms with Crippen molar-refractivity contribution in [2.24, 2.45) is 35.2 Å². The predicted molar refractivity (Wildman–Crippen MR) is 167 cm³/mol. The number of benzene rings is 1. The first-order valence-corrected chi connectivity index (χ1v) is 15.1. The normalized spacial score (nSPS) is 25.2. The summed E-state index contributed by atoms with van der Waals surface area (Å²) < 4.78 is 0. The van der Waals surface area contributed by atoms with Gasteiger partial charge in [-0.25, -0.2) is 5.84 Å². The van der Waals surface area contributed by atoms with Crippen molar-refractivity contribution in [1.29, 1.82) is 0 Å². The number of allylic oxidation sites excluding steroid dienone is 1. The van der Waals surface area contributed by atoms with Crippen molar-refractivity contribution in [3.8, 4) is 5.75 Å². The molecule has 0 aliphatic heterocycles. The van der Waals surface area contributed by atoms with Gasteiger partial charge in [0, 0.05) is 37.3 Å². The van der Waals surface area contributed by atoms with Gasteiger partial charge in [-0.1, -0.05) is 27.7 Å². The van der Waals surface area contributed by atoms with E-state index in [1.165, 1.54) is 9.91 Å². The Morgan fingerprint density at radius 2 is 1.59 bits per heavy atom. The van der Waals surface area contributed by atoms with Crippen molar-refractivity contribution < 1.29 is 34.8 Å². The number of Topliss-reactive ketones (excluding diaryl/α,β-unsaturated/α-hetero) is 2. The average Bonchev–Trinajstić information content (AvgIpc) is 2.89. The number of rotatable bonds is 9. The molecule has 0 fully saturated rings. The summed E-state index contributed by atoms with van der Waals surface area (Å²) in [5, 5.41) is 47.7. The molecule has 8 N–H and O–H groups in total. The molecule has 1 amide bonds. The largest absolute Gasteiger partial charge is 0.510 e. The highest BCUT2D eigenvalue weighted by atomic mass is 16.3. The van der Waals surface area contributed by atoms with Crippen molar-refractivity contribution in [1.82, 2.24) is 4.90 Å². The van der Waals surface area contributed by atoms with E-state index in [0.717, 1.165) is 12.8 Å². The number of anilines is 2. The zero-order valence-electron chi connectivity index (χ0n) is 26.9. The third-order valence-electron chi connectivity index (χ3n) is 9.32. The maximum absolute atomic E-state index is 14.3. The summed E-state index contributed by atoms with van der Waals surface area (Å²) in [6, 6.07) is 0.580. The summed E-state index contributed by atoms with van der Waals surface area (Å²) in [7, 11) is 6.84. The number of hydrogen-bond acceptors (Lipinski definition) is 11. The molecule has 0 bridgehead atoms. The SMILES string of the molecule is CC(C)CC(CC(C)C)N(N)c1cc(N(C)C)c2c(c1O)C(=O)C1=C(O)[C@]3(O)C(=O)C(C(N)=O)=C(O)[C@@H](N(C)C)[C@@H]3C[C@@H]1C2. The fourth-order valence-electron chi connectivity index (χ4n) is 7.49. The van der Waals surface area contributed by atoms with Gasteiger partial charge in [0.2, 0.25) is 5.78 Å². The highest BCUT2D eigenvalue weighted by molar-refractivity contribution is 6.25. The van der Waals surface area contributed by atoms with Gasteiger partial charge >= 0.3 is 0 Å². The molecule has 0 saturated heterocycles. The Morgan fingerprint density at radius 3 is 2.07 bits per heavy atom. The molecule has 0 heterocycles. The highest BCUT2D eigenvalue weighted by Crippen LogP contribution is 2.54. The average molecular weight is 614 g/mol. The lowest BCUT2D eigenvalue weighted by Gasteiger charge is -2.50.